The largest absolute Gasteiger partial charge is 0.338 e. The molecule has 1 fully saturated rings. The summed E-state index contributed by atoms with van der Waals surface area (Å²) in [5.74, 6) is 2.17. The molecule has 0 bridgehead atoms. The van der Waals surface area contributed by atoms with Crippen molar-refractivity contribution in [3.05, 3.63) is 34.1 Å². The topological polar surface area (TPSA) is 51.0 Å². The van der Waals surface area contributed by atoms with Crippen molar-refractivity contribution in [3.8, 4) is 11.4 Å². The summed E-state index contributed by atoms with van der Waals surface area (Å²) < 4.78 is 6.33. The zero-order valence-corrected chi connectivity index (χ0v) is 12.4. The molecule has 3 rings (SSSR count). The van der Waals surface area contributed by atoms with E-state index in [9.17, 15) is 0 Å². The Kier molecular flexibility index (Phi) is 3.66. The van der Waals surface area contributed by atoms with Gasteiger partial charge in [-0.3, -0.25) is 0 Å². The van der Waals surface area contributed by atoms with E-state index < -0.39 is 0 Å². The van der Waals surface area contributed by atoms with Gasteiger partial charge in [-0.15, -0.1) is 0 Å². The van der Waals surface area contributed by atoms with Crippen LogP contribution >= 0.6 is 15.9 Å². The van der Waals surface area contributed by atoms with Gasteiger partial charge in [0, 0.05) is 10.0 Å². The van der Waals surface area contributed by atoms with Crippen molar-refractivity contribution in [3.63, 3.8) is 0 Å². The Hall–Kier alpha value is -1.20. The number of aromatic nitrogens is 2. The van der Waals surface area contributed by atoms with Crippen LogP contribution in [0.3, 0.4) is 0 Å². The summed E-state index contributed by atoms with van der Waals surface area (Å²) in [4.78, 5) is 4.43. The molecule has 0 saturated heterocycles. The molecule has 1 aliphatic rings. The van der Waals surface area contributed by atoms with Crippen LogP contribution in [-0.2, 0) is 6.54 Å². The number of halogens is 1. The zero-order valence-electron chi connectivity index (χ0n) is 10.8. The Morgan fingerprint density at radius 1 is 1.42 bits per heavy atom. The van der Waals surface area contributed by atoms with Gasteiger partial charge in [-0.2, -0.15) is 4.98 Å². The Morgan fingerprint density at radius 3 is 3.00 bits per heavy atom. The minimum atomic E-state index is 0.651. The van der Waals surface area contributed by atoms with E-state index in [1.54, 1.807) is 0 Å². The maximum atomic E-state index is 5.27. The van der Waals surface area contributed by atoms with Crippen molar-refractivity contribution in [2.24, 2.45) is 5.92 Å². The molecule has 1 N–H and O–H groups in total. The number of hydrogen-bond donors (Lipinski definition) is 1. The fourth-order valence-corrected chi connectivity index (χ4v) is 2.49. The van der Waals surface area contributed by atoms with Crippen molar-refractivity contribution in [1.29, 1.82) is 0 Å². The highest BCUT2D eigenvalue weighted by Gasteiger charge is 2.20. The van der Waals surface area contributed by atoms with E-state index in [0.717, 1.165) is 28.1 Å². The Balaban J connectivity index is 1.68. The number of aryl methyl sites for hydroxylation is 1. The lowest BCUT2D eigenvalue weighted by Gasteiger charge is -2.00. The van der Waals surface area contributed by atoms with Crippen LogP contribution in [0.1, 0.15) is 24.3 Å². The quantitative estimate of drug-likeness (QED) is 0.917. The minimum absolute atomic E-state index is 0.651. The lowest BCUT2D eigenvalue weighted by Crippen LogP contribution is -2.16. The van der Waals surface area contributed by atoms with Crippen LogP contribution < -0.4 is 5.32 Å². The van der Waals surface area contributed by atoms with E-state index in [2.05, 4.69) is 37.5 Å². The molecular formula is C14H16BrN3O. The Morgan fingerprint density at radius 2 is 2.26 bits per heavy atom. The van der Waals surface area contributed by atoms with Crippen LogP contribution in [0, 0.1) is 12.8 Å². The smallest absolute Gasteiger partial charge is 0.240 e. The summed E-state index contributed by atoms with van der Waals surface area (Å²) in [5, 5.41) is 7.40. The van der Waals surface area contributed by atoms with Gasteiger partial charge in [0.15, 0.2) is 0 Å². The lowest BCUT2D eigenvalue weighted by molar-refractivity contribution is 0.367. The van der Waals surface area contributed by atoms with E-state index in [4.69, 9.17) is 4.52 Å². The van der Waals surface area contributed by atoms with Crippen LogP contribution in [-0.4, -0.2) is 16.7 Å². The third kappa shape index (κ3) is 3.22. The second kappa shape index (κ2) is 5.43. The summed E-state index contributed by atoms with van der Waals surface area (Å²) in [6, 6.07) is 6.05. The standard InChI is InChI=1S/C14H16BrN3O/c1-9-6-11(15)4-5-12(9)14-17-13(19-18-14)8-16-7-10-2-3-10/h4-6,10,16H,2-3,7-8H2,1H3. The van der Waals surface area contributed by atoms with Gasteiger partial charge in [-0.25, -0.2) is 0 Å². The van der Waals surface area contributed by atoms with Crippen molar-refractivity contribution in [2.75, 3.05) is 6.54 Å². The van der Waals surface area contributed by atoms with Crippen LogP contribution in [0.25, 0.3) is 11.4 Å². The fraction of sp³-hybridized carbons (Fsp3) is 0.429. The van der Waals surface area contributed by atoms with E-state index in [0.29, 0.717) is 18.3 Å². The van der Waals surface area contributed by atoms with Crippen molar-refractivity contribution >= 4 is 15.9 Å². The monoisotopic (exact) mass is 321 g/mol. The molecule has 0 amide bonds. The SMILES string of the molecule is Cc1cc(Br)ccc1-c1noc(CNCC2CC2)n1. The van der Waals surface area contributed by atoms with Gasteiger partial charge in [0.25, 0.3) is 0 Å². The number of nitrogens with zero attached hydrogens (tertiary/aromatic N) is 2. The first kappa shape index (κ1) is 12.8. The van der Waals surface area contributed by atoms with Gasteiger partial charge in [0.2, 0.25) is 11.7 Å². The number of hydrogen-bond acceptors (Lipinski definition) is 4. The fourth-order valence-electron chi connectivity index (χ4n) is 2.02. The highest BCUT2D eigenvalue weighted by molar-refractivity contribution is 9.10. The summed E-state index contributed by atoms with van der Waals surface area (Å²) in [7, 11) is 0. The molecule has 1 aromatic carbocycles. The third-order valence-electron chi connectivity index (χ3n) is 3.30. The summed E-state index contributed by atoms with van der Waals surface area (Å²) in [6.45, 7) is 3.75. The number of nitrogens with one attached hydrogen (secondary N) is 1. The van der Waals surface area contributed by atoms with Crippen LogP contribution in [0.15, 0.2) is 27.2 Å². The van der Waals surface area contributed by atoms with E-state index in [-0.39, 0.29) is 0 Å². The first-order valence-electron chi connectivity index (χ1n) is 6.52. The predicted molar refractivity (Wildman–Crippen MR) is 76.6 cm³/mol. The summed E-state index contributed by atoms with van der Waals surface area (Å²) in [6.07, 6.45) is 2.69. The second-order valence-electron chi connectivity index (χ2n) is 5.05. The molecule has 19 heavy (non-hydrogen) atoms. The molecule has 0 radical (unpaired) electrons. The molecule has 1 aromatic heterocycles. The van der Waals surface area contributed by atoms with Gasteiger partial charge in [-0.05, 0) is 56.0 Å². The van der Waals surface area contributed by atoms with Crippen LogP contribution in [0.2, 0.25) is 0 Å². The molecule has 0 spiro atoms. The first-order valence-corrected chi connectivity index (χ1v) is 7.31. The molecule has 2 aromatic rings. The second-order valence-corrected chi connectivity index (χ2v) is 5.96. The van der Waals surface area contributed by atoms with Gasteiger partial charge < -0.3 is 9.84 Å². The maximum absolute atomic E-state index is 5.27. The van der Waals surface area contributed by atoms with Gasteiger partial charge in [0.05, 0.1) is 6.54 Å². The summed E-state index contributed by atoms with van der Waals surface area (Å²) in [5.41, 5.74) is 2.15. The average molecular weight is 322 g/mol. The molecule has 1 aliphatic carbocycles. The number of benzene rings is 1. The maximum Gasteiger partial charge on any atom is 0.240 e. The normalized spacial score (nSPS) is 14.8. The van der Waals surface area contributed by atoms with Crippen molar-refractivity contribution in [2.45, 2.75) is 26.3 Å². The minimum Gasteiger partial charge on any atom is -0.338 e. The van der Waals surface area contributed by atoms with Gasteiger partial charge in [0.1, 0.15) is 0 Å². The lowest BCUT2D eigenvalue weighted by atomic mass is 10.1. The Bertz CT molecular complexity index is 578. The highest BCUT2D eigenvalue weighted by atomic mass is 79.9. The first-order chi connectivity index (χ1) is 9.22. The zero-order chi connectivity index (χ0) is 13.2. The Labute approximate surface area is 120 Å². The molecule has 0 atom stereocenters. The molecule has 0 unspecified atom stereocenters. The van der Waals surface area contributed by atoms with Crippen molar-refractivity contribution < 1.29 is 4.52 Å². The molecule has 1 heterocycles. The highest BCUT2D eigenvalue weighted by Crippen LogP contribution is 2.27. The predicted octanol–water partition coefficient (Wildman–Crippen LogP) is 3.31. The molecular weight excluding hydrogens is 306 g/mol. The van der Waals surface area contributed by atoms with Gasteiger partial charge >= 0.3 is 0 Å². The summed E-state index contributed by atoms with van der Waals surface area (Å²) >= 11 is 3.45. The van der Waals surface area contributed by atoms with Gasteiger partial charge in [-0.1, -0.05) is 21.1 Å². The average Bonchev–Trinajstić information content (AvgIpc) is 3.07. The van der Waals surface area contributed by atoms with Crippen molar-refractivity contribution in [1.82, 2.24) is 15.5 Å². The van der Waals surface area contributed by atoms with Crippen LogP contribution in [0.5, 0.6) is 0 Å². The number of rotatable bonds is 5. The molecule has 100 valence electrons. The van der Waals surface area contributed by atoms with E-state index >= 15 is 0 Å². The van der Waals surface area contributed by atoms with Crippen LogP contribution in [0.4, 0.5) is 0 Å². The van der Waals surface area contributed by atoms with E-state index in [1.807, 2.05) is 19.1 Å². The molecule has 1 saturated carbocycles. The third-order valence-corrected chi connectivity index (χ3v) is 3.80. The molecule has 4 nitrogen and oxygen atoms in total. The molecule has 5 heteroatoms. The molecule has 0 aliphatic heterocycles. The van der Waals surface area contributed by atoms with E-state index in [1.165, 1.54) is 12.8 Å².